The van der Waals surface area contributed by atoms with Gasteiger partial charge in [0.15, 0.2) is 11.7 Å². The topological polar surface area (TPSA) is 191 Å². The number of esters is 4. The number of carbonyl (C=O) groups is 6. The molecule has 36 heavy (non-hydrogen) atoms. The SMILES string of the molecule is CC(OC(=O)CC(O)(CC(=O)O)C(=O)O)C(=O)OC(C(=O)OC(=O)c1ccccc1)c1ccccc1. The van der Waals surface area contributed by atoms with Crippen LogP contribution in [0, 0.1) is 0 Å². The minimum absolute atomic E-state index is 0.0681. The fourth-order valence-corrected chi connectivity index (χ4v) is 2.86. The van der Waals surface area contributed by atoms with Gasteiger partial charge in [0.2, 0.25) is 6.10 Å². The molecule has 0 aromatic heterocycles. The lowest BCUT2D eigenvalue weighted by Gasteiger charge is -2.22. The second-order valence-electron chi connectivity index (χ2n) is 7.52. The summed E-state index contributed by atoms with van der Waals surface area (Å²) < 4.78 is 14.7. The van der Waals surface area contributed by atoms with Crippen molar-refractivity contribution in [2.24, 2.45) is 0 Å². The molecule has 12 nitrogen and oxygen atoms in total. The molecule has 0 aliphatic rings. The molecule has 12 heteroatoms. The monoisotopic (exact) mass is 502 g/mol. The van der Waals surface area contributed by atoms with E-state index in [1.807, 2.05) is 0 Å². The third-order valence-electron chi connectivity index (χ3n) is 4.67. The fraction of sp³-hybridized carbons (Fsp3) is 0.250. The van der Waals surface area contributed by atoms with Crippen LogP contribution in [-0.2, 0) is 38.2 Å². The molecule has 2 aromatic carbocycles. The minimum Gasteiger partial charge on any atom is -0.481 e. The van der Waals surface area contributed by atoms with Gasteiger partial charge in [-0.15, -0.1) is 0 Å². The highest BCUT2D eigenvalue weighted by Crippen LogP contribution is 2.22. The zero-order valence-corrected chi connectivity index (χ0v) is 18.9. The average molecular weight is 502 g/mol. The van der Waals surface area contributed by atoms with Gasteiger partial charge in [-0.05, 0) is 19.1 Å². The number of benzene rings is 2. The number of aliphatic carboxylic acids is 2. The van der Waals surface area contributed by atoms with Crippen LogP contribution < -0.4 is 0 Å². The first kappa shape index (κ1) is 27.7. The van der Waals surface area contributed by atoms with Gasteiger partial charge >= 0.3 is 35.8 Å². The van der Waals surface area contributed by atoms with Crippen molar-refractivity contribution in [3.8, 4) is 0 Å². The smallest absolute Gasteiger partial charge is 0.360 e. The predicted octanol–water partition coefficient (Wildman–Crippen LogP) is 1.27. The number of aliphatic hydroxyl groups is 1. The number of rotatable bonds is 11. The van der Waals surface area contributed by atoms with E-state index in [1.54, 1.807) is 24.3 Å². The Kier molecular flexibility index (Phi) is 9.39. The molecule has 2 aromatic rings. The number of carboxylic acid groups (broad SMARTS) is 2. The molecular formula is C24H22O12. The molecule has 0 heterocycles. The van der Waals surface area contributed by atoms with Crippen LogP contribution >= 0.6 is 0 Å². The maximum absolute atomic E-state index is 12.7. The standard InChI is InChI=1S/C24H22O12/c1-14(34-18(27)13-24(33,23(31)32)12-17(25)26)20(28)35-19(15-8-4-2-5-9-15)22(30)36-21(29)16-10-6-3-7-11-16/h2-11,14,19,33H,12-13H2,1H3,(H,25,26)(H,31,32). The number of carboxylic acids is 2. The molecule has 0 aliphatic carbocycles. The predicted molar refractivity (Wildman–Crippen MR) is 117 cm³/mol. The quantitative estimate of drug-likeness (QED) is 0.227. The van der Waals surface area contributed by atoms with Crippen molar-refractivity contribution in [3.63, 3.8) is 0 Å². The second kappa shape index (κ2) is 12.2. The van der Waals surface area contributed by atoms with Crippen molar-refractivity contribution in [2.75, 3.05) is 0 Å². The second-order valence-corrected chi connectivity index (χ2v) is 7.52. The van der Waals surface area contributed by atoms with Crippen LogP contribution in [0.15, 0.2) is 60.7 Å². The van der Waals surface area contributed by atoms with Gasteiger partial charge in [-0.1, -0.05) is 48.5 Å². The van der Waals surface area contributed by atoms with Gasteiger partial charge < -0.3 is 29.5 Å². The first-order valence-electron chi connectivity index (χ1n) is 10.4. The van der Waals surface area contributed by atoms with E-state index in [-0.39, 0.29) is 11.1 Å². The Morgan fingerprint density at radius 1 is 0.806 bits per heavy atom. The van der Waals surface area contributed by atoms with Gasteiger partial charge in [0.1, 0.15) is 0 Å². The van der Waals surface area contributed by atoms with E-state index in [2.05, 4.69) is 0 Å². The van der Waals surface area contributed by atoms with Crippen LogP contribution in [0.4, 0.5) is 0 Å². The molecule has 0 saturated carbocycles. The summed E-state index contributed by atoms with van der Waals surface area (Å²) in [6.07, 6.45) is -6.00. The van der Waals surface area contributed by atoms with Crippen LogP contribution in [-0.4, -0.2) is 62.8 Å². The number of carbonyl (C=O) groups excluding carboxylic acids is 4. The molecule has 0 bridgehead atoms. The first-order chi connectivity index (χ1) is 16.9. The van der Waals surface area contributed by atoms with Crippen LogP contribution in [0.5, 0.6) is 0 Å². The van der Waals surface area contributed by atoms with E-state index in [0.29, 0.717) is 0 Å². The normalized spacial score (nSPS) is 13.8. The van der Waals surface area contributed by atoms with Crippen LogP contribution in [0.1, 0.15) is 41.8 Å². The van der Waals surface area contributed by atoms with Crippen LogP contribution in [0.25, 0.3) is 0 Å². The van der Waals surface area contributed by atoms with E-state index >= 15 is 0 Å². The van der Waals surface area contributed by atoms with Crippen molar-refractivity contribution in [1.29, 1.82) is 0 Å². The molecule has 3 unspecified atom stereocenters. The molecule has 0 fully saturated rings. The highest BCUT2D eigenvalue weighted by molar-refractivity contribution is 5.98. The molecule has 0 amide bonds. The highest BCUT2D eigenvalue weighted by atomic mass is 16.6. The van der Waals surface area contributed by atoms with Crippen molar-refractivity contribution in [1.82, 2.24) is 0 Å². The molecule has 0 spiro atoms. The third kappa shape index (κ3) is 7.74. The maximum Gasteiger partial charge on any atom is 0.360 e. The Morgan fingerprint density at radius 3 is 1.89 bits per heavy atom. The summed E-state index contributed by atoms with van der Waals surface area (Å²) in [5, 5.41) is 27.7. The van der Waals surface area contributed by atoms with Gasteiger partial charge in [-0.2, -0.15) is 0 Å². The molecule has 0 aliphatic heterocycles. The van der Waals surface area contributed by atoms with Gasteiger partial charge in [-0.3, -0.25) is 9.59 Å². The van der Waals surface area contributed by atoms with E-state index in [1.165, 1.54) is 36.4 Å². The van der Waals surface area contributed by atoms with E-state index in [0.717, 1.165) is 6.92 Å². The van der Waals surface area contributed by atoms with E-state index in [4.69, 9.17) is 24.4 Å². The van der Waals surface area contributed by atoms with Gasteiger partial charge in [0.05, 0.1) is 18.4 Å². The molecular weight excluding hydrogens is 480 g/mol. The zero-order chi connectivity index (χ0) is 26.9. The molecule has 3 N–H and O–H groups in total. The van der Waals surface area contributed by atoms with Gasteiger partial charge in [-0.25, -0.2) is 19.2 Å². The Hall–Kier alpha value is -4.58. The number of hydrogen-bond donors (Lipinski definition) is 3. The number of ether oxygens (including phenoxy) is 3. The third-order valence-corrected chi connectivity index (χ3v) is 4.67. The first-order valence-corrected chi connectivity index (χ1v) is 10.4. The Morgan fingerprint density at radius 2 is 1.36 bits per heavy atom. The van der Waals surface area contributed by atoms with Crippen molar-refractivity contribution >= 4 is 35.8 Å². The molecule has 0 saturated heterocycles. The van der Waals surface area contributed by atoms with E-state index in [9.17, 15) is 33.9 Å². The summed E-state index contributed by atoms with van der Waals surface area (Å²) in [5.41, 5.74) is -2.77. The number of hydrogen-bond acceptors (Lipinski definition) is 10. The summed E-state index contributed by atoms with van der Waals surface area (Å²) in [4.78, 5) is 71.5. The summed E-state index contributed by atoms with van der Waals surface area (Å²) >= 11 is 0. The largest absolute Gasteiger partial charge is 0.481 e. The zero-order valence-electron chi connectivity index (χ0n) is 18.9. The van der Waals surface area contributed by atoms with E-state index < -0.39 is 66.5 Å². The van der Waals surface area contributed by atoms with Gasteiger partial charge in [0, 0.05) is 5.56 Å². The average Bonchev–Trinajstić information content (AvgIpc) is 2.82. The lowest BCUT2D eigenvalue weighted by atomic mass is 9.96. The Bertz CT molecular complexity index is 1130. The Labute approximate surface area is 204 Å². The van der Waals surface area contributed by atoms with Crippen LogP contribution in [0.2, 0.25) is 0 Å². The van der Waals surface area contributed by atoms with Crippen molar-refractivity contribution in [3.05, 3.63) is 71.8 Å². The molecule has 3 atom stereocenters. The minimum atomic E-state index is -2.97. The van der Waals surface area contributed by atoms with Crippen molar-refractivity contribution in [2.45, 2.75) is 37.6 Å². The molecule has 0 radical (unpaired) electrons. The summed E-state index contributed by atoms with van der Waals surface area (Å²) in [6, 6.07) is 15.1. The van der Waals surface area contributed by atoms with Crippen LogP contribution in [0.3, 0.4) is 0 Å². The lowest BCUT2D eigenvalue weighted by Crippen LogP contribution is -2.44. The lowest BCUT2D eigenvalue weighted by molar-refractivity contribution is -0.181. The fourth-order valence-electron chi connectivity index (χ4n) is 2.86. The maximum atomic E-state index is 12.7. The Balaban J connectivity index is 2.12. The molecule has 190 valence electrons. The summed E-state index contributed by atoms with van der Waals surface area (Å²) in [5.74, 6) is -8.57. The molecule has 2 rings (SSSR count). The highest BCUT2D eigenvalue weighted by Gasteiger charge is 2.42. The van der Waals surface area contributed by atoms with Crippen molar-refractivity contribution < 1.29 is 58.3 Å². The summed E-state index contributed by atoms with van der Waals surface area (Å²) in [7, 11) is 0. The summed E-state index contributed by atoms with van der Waals surface area (Å²) in [6.45, 7) is 1.04. The van der Waals surface area contributed by atoms with Gasteiger partial charge in [0.25, 0.3) is 0 Å².